The zero-order chi connectivity index (χ0) is 21.3. The van der Waals surface area contributed by atoms with Crippen LogP contribution in [0.3, 0.4) is 0 Å². The number of fused-ring (bicyclic) bond motifs is 1. The van der Waals surface area contributed by atoms with Crippen LogP contribution in [0.2, 0.25) is 0 Å². The maximum Gasteiger partial charge on any atom is 0.311 e. The molecule has 2 N–H and O–H groups in total. The summed E-state index contributed by atoms with van der Waals surface area (Å²) in [4.78, 5) is 28.3. The van der Waals surface area contributed by atoms with E-state index in [2.05, 4.69) is 17.1 Å². The highest BCUT2D eigenvalue weighted by molar-refractivity contribution is 6.01. The summed E-state index contributed by atoms with van der Waals surface area (Å²) in [5.41, 5.74) is 5.50. The van der Waals surface area contributed by atoms with E-state index in [1.165, 1.54) is 37.7 Å². The van der Waals surface area contributed by atoms with Crippen molar-refractivity contribution in [1.29, 1.82) is 0 Å². The van der Waals surface area contributed by atoms with Gasteiger partial charge in [0.15, 0.2) is 5.78 Å². The zero-order valence-corrected chi connectivity index (χ0v) is 17.7. The van der Waals surface area contributed by atoms with Crippen LogP contribution in [0.4, 0.5) is 0 Å². The fraction of sp³-hybridized carbons (Fsp3) is 0.385. The van der Waals surface area contributed by atoms with Gasteiger partial charge in [-0.2, -0.15) is 0 Å². The highest BCUT2D eigenvalue weighted by Gasteiger charge is 2.27. The monoisotopic (exact) mass is 403 g/mol. The third kappa shape index (κ3) is 4.04. The average Bonchev–Trinajstić information content (AvgIpc) is 3.15. The van der Waals surface area contributed by atoms with Crippen LogP contribution < -0.4 is 0 Å². The Bertz CT molecular complexity index is 1090. The van der Waals surface area contributed by atoms with Gasteiger partial charge in [-0.15, -0.1) is 0 Å². The predicted molar refractivity (Wildman–Crippen MR) is 119 cm³/mol. The number of Topliss-reactive ketones (excluding diaryl/α,β-unsaturated/α-hetero) is 1. The second kappa shape index (κ2) is 8.47. The Morgan fingerprint density at radius 2 is 1.83 bits per heavy atom. The third-order valence-corrected chi connectivity index (χ3v) is 6.56. The Kier molecular flexibility index (Phi) is 5.76. The smallest absolute Gasteiger partial charge is 0.311 e. The third-order valence-electron chi connectivity index (χ3n) is 6.56. The van der Waals surface area contributed by atoms with Crippen LogP contribution in [0, 0.1) is 13.8 Å². The van der Waals surface area contributed by atoms with Crippen LogP contribution in [0.5, 0.6) is 0 Å². The van der Waals surface area contributed by atoms with Gasteiger partial charge >= 0.3 is 5.97 Å². The molecule has 4 nitrogen and oxygen atoms in total. The lowest BCUT2D eigenvalue weighted by Crippen LogP contribution is -2.17. The number of rotatable bonds is 6. The average molecular weight is 404 g/mol. The molecule has 1 aliphatic carbocycles. The first-order chi connectivity index (χ1) is 14.4. The van der Waals surface area contributed by atoms with E-state index in [1.54, 1.807) is 6.20 Å². The van der Waals surface area contributed by atoms with Crippen LogP contribution in [-0.2, 0) is 4.79 Å². The van der Waals surface area contributed by atoms with E-state index >= 15 is 0 Å². The number of hydrogen-bond donors (Lipinski definition) is 2. The molecule has 0 radical (unpaired) electrons. The Morgan fingerprint density at radius 3 is 2.53 bits per heavy atom. The van der Waals surface area contributed by atoms with E-state index < -0.39 is 11.9 Å². The molecule has 0 aliphatic heterocycles. The van der Waals surface area contributed by atoms with Crippen LogP contribution in [0.1, 0.15) is 83.0 Å². The van der Waals surface area contributed by atoms with Gasteiger partial charge in [-0.05, 0) is 61.4 Å². The normalized spacial score (nSPS) is 15.9. The summed E-state index contributed by atoms with van der Waals surface area (Å²) >= 11 is 0. The lowest BCUT2D eigenvalue weighted by Gasteiger charge is -2.22. The first kappa shape index (κ1) is 20.4. The first-order valence-electron chi connectivity index (χ1n) is 10.9. The number of nitrogens with one attached hydrogen (secondary N) is 1. The number of carboxylic acid groups (broad SMARTS) is 1. The molecule has 0 saturated heterocycles. The van der Waals surface area contributed by atoms with Gasteiger partial charge in [0.1, 0.15) is 0 Å². The van der Waals surface area contributed by atoms with Gasteiger partial charge in [0, 0.05) is 29.1 Å². The molecule has 1 aliphatic rings. The van der Waals surface area contributed by atoms with Crippen molar-refractivity contribution in [2.45, 2.75) is 64.2 Å². The van der Waals surface area contributed by atoms with Gasteiger partial charge in [0.05, 0.1) is 5.92 Å². The highest BCUT2D eigenvalue weighted by Crippen LogP contribution is 2.36. The van der Waals surface area contributed by atoms with Crippen LogP contribution in [-0.4, -0.2) is 21.8 Å². The van der Waals surface area contributed by atoms with Gasteiger partial charge in [-0.3, -0.25) is 9.59 Å². The minimum absolute atomic E-state index is 0.0418. The van der Waals surface area contributed by atoms with Crippen LogP contribution in [0.15, 0.2) is 42.6 Å². The summed E-state index contributed by atoms with van der Waals surface area (Å²) in [6, 6.07) is 12.0. The molecule has 1 atom stereocenters. The number of H-pyrrole nitrogens is 1. The molecule has 1 saturated carbocycles. The van der Waals surface area contributed by atoms with Crippen molar-refractivity contribution in [2.24, 2.45) is 0 Å². The number of carboxylic acids is 1. The number of hydrogen-bond acceptors (Lipinski definition) is 2. The zero-order valence-electron chi connectivity index (χ0n) is 17.7. The summed E-state index contributed by atoms with van der Waals surface area (Å²) in [7, 11) is 0. The number of aromatic nitrogens is 1. The van der Waals surface area contributed by atoms with E-state index in [9.17, 15) is 14.7 Å². The van der Waals surface area contributed by atoms with Crippen molar-refractivity contribution in [3.8, 4) is 0 Å². The molecular weight excluding hydrogens is 374 g/mol. The Hall–Kier alpha value is -2.88. The first-order valence-corrected chi connectivity index (χ1v) is 10.9. The molecule has 1 aromatic heterocycles. The summed E-state index contributed by atoms with van der Waals surface area (Å²) in [5.74, 6) is -1.41. The molecule has 4 rings (SSSR count). The van der Waals surface area contributed by atoms with Crippen LogP contribution >= 0.6 is 0 Å². The maximum atomic E-state index is 13.0. The summed E-state index contributed by atoms with van der Waals surface area (Å²) in [6.45, 7) is 3.88. The van der Waals surface area contributed by atoms with Crippen molar-refractivity contribution < 1.29 is 14.7 Å². The number of ketones is 1. The second-order valence-electron chi connectivity index (χ2n) is 8.72. The number of aliphatic carboxylic acids is 1. The lowest BCUT2D eigenvalue weighted by atomic mass is 9.83. The Morgan fingerprint density at radius 1 is 1.07 bits per heavy atom. The number of aryl methyl sites for hydroxylation is 2. The van der Waals surface area contributed by atoms with E-state index in [0.717, 1.165) is 22.0 Å². The predicted octanol–water partition coefficient (Wildman–Crippen LogP) is 6.27. The molecular formula is C26H29NO3. The topological polar surface area (TPSA) is 70.2 Å². The van der Waals surface area contributed by atoms with Gasteiger partial charge < -0.3 is 10.1 Å². The molecule has 30 heavy (non-hydrogen) atoms. The van der Waals surface area contributed by atoms with Gasteiger partial charge in [0.2, 0.25) is 0 Å². The van der Waals surface area contributed by atoms with E-state index in [0.29, 0.717) is 17.0 Å². The molecule has 3 aromatic rings. The quantitative estimate of drug-likeness (QED) is 0.476. The number of benzene rings is 2. The van der Waals surface area contributed by atoms with Crippen molar-refractivity contribution >= 4 is 22.7 Å². The van der Waals surface area contributed by atoms with Gasteiger partial charge in [0.25, 0.3) is 0 Å². The number of aromatic amines is 1. The van der Waals surface area contributed by atoms with Crippen molar-refractivity contribution in [3.63, 3.8) is 0 Å². The maximum absolute atomic E-state index is 13.0. The molecule has 4 heteroatoms. The molecule has 1 heterocycles. The Balaban J connectivity index is 1.66. The summed E-state index contributed by atoms with van der Waals surface area (Å²) in [5, 5.41) is 10.9. The van der Waals surface area contributed by atoms with Crippen molar-refractivity contribution in [1.82, 2.24) is 4.98 Å². The van der Waals surface area contributed by atoms with Gasteiger partial charge in [-0.1, -0.05) is 49.1 Å². The van der Waals surface area contributed by atoms with E-state index in [-0.39, 0.29) is 12.2 Å². The molecule has 0 amide bonds. The van der Waals surface area contributed by atoms with E-state index in [1.807, 2.05) is 38.1 Å². The molecule has 1 unspecified atom stereocenters. The lowest BCUT2D eigenvalue weighted by molar-refractivity contribution is -0.138. The van der Waals surface area contributed by atoms with Gasteiger partial charge in [-0.25, -0.2) is 0 Å². The fourth-order valence-corrected chi connectivity index (χ4v) is 4.89. The summed E-state index contributed by atoms with van der Waals surface area (Å²) in [6.07, 6.45) is 7.92. The largest absolute Gasteiger partial charge is 0.481 e. The molecule has 2 aromatic carbocycles. The minimum atomic E-state index is -0.961. The number of carbonyl (C=O) groups excluding carboxylic acids is 1. The Labute approximate surface area is 177 Å². The molecule has 156 valence electrons. The fourth-order valence-electron chi connectivity index (χ4n) is 4.89. The standard InChI is InChI=1S/C26H29NO3/c1-16-8-10-20(17(2)12-16)25(28)14-22(26(29)30)23-15-27-24-11-9-19(13-21(23)24)18-6-4-3-5-7-18/h8-13,15,18,22,27H,3-7,14H2,1-2H3,(H,29,30). The van der Waals surface area contributed by atoms with Crippen LogP contribution in [0.25, 0.3) is 10.9 Å². The van der Waals surface area contributed by atoms with Crippen molar-refractivity contribution in [2.75, 3.05) is 0 Å². The van der Waals surface area contributed by atoms with Crippen molar-refractivity contribution in [3.05, 3.63) is 70.4 Å². The highest BCUT2D eigenvalue weighted by atomic mass is 16.4. The summed E-state index contributed by atoms with van der Waals surface area (Å²) < 4.78 is 0. The molecule has 1 fully saturated rings. The molecule has 0 bridgehead atoms. The minimum Gasteiger partial charge on any atom is -0.481 e. The SMILES string of the molecule is Cc1ccc(C(=O)CC(C(=O)O)c2c[nH]c3ccc(C4CCCCC4)cc23)c(C)c1. The second-order valence-corrected chi connectivity index (χ2v) is 8.72. The number of carbonyl (C=O) groups is 2. The van der Waals surface area contributed by atoms with E-state index in [4.69, 9.17) is 0 Å². The molecule has 0 spiro atoms.